The third-order valence-electron chi connectivity index (χ3n) is 6.14. The second-order valence-corrected chi connectivity index (χ2v) is 9.88. The van der Waals surface area contributed by atoms with Gasteiger partial charge in [0.15, 0.2) is 12.5 Å². The molecule has 1 unspecified atom stereocenters. The van der Waals surface area contributed by atoms with E-state index in [1.165, 1.54) is 22.4 Å². The van der Waals surface area contributed by atoms with Gasteiger partial charge >= 0.3 is 11.7 Å². The highest BCUT2D eigenvalue weighted by atomic mass is 16.7. The summed E-state index contributed by atoms with van der Waals surface area (Å²) in [6, 6.07) is 12.0. The Bertz CT molecular complexity index is 970. The molecule has 8 heteroatoms. The molecule has 1 aliphatic heterocycles. The van der Waals surface area contributed by atoms with E-state index < -0.39 is 18.2 Å². The van der Waals surface area contributed by atoms with Crippen LogP contribution in [0.4, 0.5) is 5.82 Å². The van der Waals surface area contributed by atoms with Crippen molar-refractivity contribution in [3.05, 3.63) is 58.6 Å². The van der Waals surface area contributed by atoms with Crippen molar-refractivity contribution in [3.63, 3.8) is 0 Å². The Labute approximate surface area is 201 Å². The summed E-state index contributed by atoms with van der Waals surface area (Å²) in [5.41, 5.74) is 6.18. The molecule has 8 nitrogen and oxygen atoms in total. The zero-order chi connectivity index (χ0) is 24.6. The molecule has 0 bridgehead atoms. The van der Waals surface area contributed by atoms with Gasteiger partial charge in [-0.15, -0.1) is 0 Å². The molecule has 0 spiro atoms. The topological polar surface area (TPSA) is 106 Å². The molecular formula is C26H37N3O5. The van der Waals surface area contributed by atoms with E-state index in [0.717, 1.165) is 38.5 Å². The number of benzene rings is 1. The second kappa shape index (κ2) is 12.1. The van der Waals surface area contributed by atoms with Gasteiger partial charge in [-0.1, -0.05) is 70.4 Å². The molecule has 1 saturated heterocycles. The normalized spacial score (nSPS) is 19.1. The maximum Gasteiger partial charge on any atom is 0.351 e. The van der Waals surface area contributed by atoms with Crippen molar-refractivity contribution in [2.24, 2.45) is 11.3 Å². The van der Waals surface area contributed by atoms with Crippen molar-refractivity contribution in [1.82, 2.24) is 9.55 Å². The SMILES string of the molecule is CC(C)(C)C(CCCCCCc1ccccc1)C(=O)OC[C@H]1OC[C@@H](n2ccc(N)nc2=O)O1. The lowest BCUT2D eigenvalue weighted by molar-refractivity contribution is -0.167. The van der Waals surface area contributed by atoms with E-state index in [4.69, 9.17) is 19.9 Å². The smallest absolute Gasteiger partial charge is 0.351 e. The summed E-state index contributed by atoms with van der Waals surface area (Å²) in [6.07, 6.45) is 6.41. The molecule has 1 aromatic heterocycles. The highest BCUT2D eigenvalue weighted by Gasteiger charge is 2.34. The number of hydrogen-bond acceptors (Lipinski definition) is 7. The van der Waals surface area contributed by atoms with E-state index in [-0.39, 0.29) is 36.3 Å². The number of esters is 1. The maximum atomic E-state index is 12.9. The Kier molecular flexibility index (Phi) is 9.24. The lowest BCUT2D eigenvalue weighted by Gasteiger charge is -2.29. The van der Waals surface area contributed by atoms with Crippen molar-refractivity contribution in [2.75, 3.05) is 18.9 Å². The number of aryl methyl sites for hydroxylation is 1. The fourth-order valence-electron chi connectivity index (χ4n) is 4.15. The van der Waals surface area contributed by atoms with Crippen LogP contribution in [0.2, 0.25) is 0 Å². The molecule has 2 heterocycles. The first-order valence-corrected chi connectivity index (χ1v) is 12.1. The number of hydrogen-bond donors (Lipinski definition) is 1. The summed E-state index contributed by atoms with van der Waals surface area (Å²) in [6.45, 7) is 6.34. The third kappa shape index (κ3) is 7.67. The largest absolute Gasteiger partial charge is 0.460 e. The summed E-state index contributed by atoms with van der Waals surface area (Å²) < 4.78 is 18.2. The number of carbonyl (C=O) groups excluding carboxylic acids is 1. The van der Waals surface area contributed by atoms with Gasteiger partial charge in [0.2, 0.25) is 0 Å². The van der Waals surface area contributed by atoms with Gasteiger partial charge in [0.1, 0.15) is 12.4 Å². The minimum Gasteiger partial charge on any atom is -0.460 e. The first-order valence-electron chi connectivity index (χ1n) is 12.1. The minimum absolute atomic E-state index is 0.0177. The number of rotatable bonds is 11. The summed E-state index contributed by atoms with van der Waals surface area (Å²) in [5, 5.41) is 0. The number of ether oxygens (including phenoxy) is 3. The molecule has 0 amide bonds. The number of nitrogens with zero attached hydrogens (tertiary/aromatic N) is 2. The molecule has 2 aromatic rings. The fraction of sp³-hybridized carbons (Fsp3) is 0.577. The monoisotopic (exact) mass is 471 g/mol. The van der Waals surface area contributed by atoms with Crippen LogP contribution < -0.4 is 11.4 Å². The van der Waals surface area contributed by atoms with E-state index in [1.807, 2.05) is 6.07 Å². The summed E-state index contributed by atoms with van der Waals surface area (Å²) >= 11 is 0. The van der Waals surface area contributed by atoms with Crippen LogP contribution in [-0.4, -0.2) is 35.0 Å². The number of aromatic nitrogens is 2. The third-order valence-corrected chi connectivity index (χ3v) is 6.14. The molecule has 34 heavy (non-hydrogen) atoms. The van der Waals surface area contributed by atoms with Crippen molar-refractivity contribution >= 4 is 11.8 Å². The second-order valence-electron chi connectivity index (χ2n) is 9.88. The fourth-order valence-corrected chi connectivity index (χ4v) is 4.15. The van der Waals surface area contributed by atoms with Crippen molar-refractivity contribution in [1.29, 1.82) is 0 Å². The molecule has 1 fully saturated rings. The number of anilines is 1. The van der Waals surface area contributed by atoms with Gasteiger partial charge in [-0.2, -0.15) is 4.98 Å². The van der Waals surface area contributed by atoms with Gasteiger partial charge in [-0.3, -0.25) is 9.36 Å². The standard InChI is InChI=1S/C26H37N3O5/c1-26(2,3)20(14-10-5-4-7-11-19-12-8-6-9-13-19)24(30)33-18-23-32-17-22(34-23)29-16-15-21(27)28-25(29)31/h6,8-9,12-13,15-16,20,22-23H,4-5,7,10-11,14,17-18H2,1-3H3,(H2,27,28,31)/t20?,22-,23-/m0/s1. The van der Waals surface area contributed by atoms with Crippen LogP contribution in [0.25, 0.3) is 0 Å². The molecule has 0 saturated carbocycles. The van der Waals surface area contributed by atoms with Gasteiger partial charge in [0.05, 0.1) is 12.5 Å². The Balaban J connectivity index is 1.40. The average molecular weight is 472 g/mol. The van der Waals surface area contributed by atoms with Crippen molar-refractivity contribution < 1.29 is 19.0 Å². The van der Waals surface area contributed by atoms with E-state index in [9.17, 15) is 9.59 Å². The van der Waals surface area contributed by atoms with E-state index in [0.29, 0.717) is 0 Å². The number of carbonyl (C=O) groups is 1. The zero-order valence-corrected chi connectivity index (χ0v) is 20.4. The van der Waals surface area contributed by atoms with Crippen LogP contribution in [0.3, 0.4) is 0 Å². The Morgan fingerprint density at radius 1 is 1.18 bits per heavy atom. The molecule has 186 valence electrons. The molecule has 2 N–H and O–H groups in total. The van der Waals surface area contributed by atoms with Crippen LogP contribution in [0.15, 0.2) is 47.4 Å². The minimum atomic E-state index is -0.725. The maximum absolute atomic E-state index is 12.9. The van der Waals surface area contributed by atoms with Crippen LogP contribution in [-0.2, 0) is 25.4 Å². The van der Waals surface area contributed by atoms with E-state index in [2.05, 4.69) is 50.0 Å². The predicted octanol–water partition coefficient (Wildman–Crippen LogP) is 4.10. The molecule has 0 radical (unpaired) electrons. The van der Waals surface area contributed by atoms with E-state index in [1.54, 1.807) is 0 Å². The number of nitrogen functional groups attached to an aromatic ring is 1. The average Bonchev–Trinajstić information content (AvgIpc) is 3.25. The van der Waals surface area contributed by atoms with Crippen LogP contribution in [0.1, 0.15) is 64.7 Å². The molecule has 1 aromatic carbocycles. The van der Waals surface area contributed by atoms with Crippen molar-refractivity contribution in [3.8, 4) is 0 Å². The van der Waals surface area contributed by atoms with Gasteiger partial charge < -0.3 is 19.9 Å². The highest BCUT2D eigenvalue weighted by Crippen LogP contribution is 2.32. The van der Waals surface area contributed by atoms with Crippen LogP contribution in [0.5, 0.6) is 0 Å². The van der Waals surface area contributed by atoms with Crippen LogP contribution >= 0.6 is 0 Å². The zero-order valence-electron chi connectivity index (χ0n) is 20.4. The summed E-state index contributed by atoms with van der Waals surface area (Å²) in [4.78, 5) is 28.6. The number of nitrogens with two attached hydrogens (primary N) is 1. The Hall–Kier alpha value is -2.71. The van der Waals surface area contributed by atoms with Crippen molar-refractivity contribution in [2.45, 2.75) is 71.8 Å². The Morgan fingerprint density at radius 2 is 1.91 bits per heavy atom. The molecule has 3 atom stereocenters. The quantitative estimate of drug-likeness (QED) is 0.388. The summed E-state index contributed by atoms with van der Waals surface area (Å²) in [5.74, 6) is -0.295. The van der Waals surface area contributed by atoms with E-state index >= 15 is 0 Å². The lowest BCUT2D eigenvalue weighted by Crippen LogP contribution is -2.32. The molecule has 1 aliphatic rings. The Morgan fingerprint density at radius 3 is 2.62 bits per heavy atom. The molecule has 0 aliphatic carbocycles. The number of unbranched alkanes of at least 4 members (excludes halogenated alkanes) is 3. The first kappa shape index (κ1) is 25.9. The molecular weight excluding hydrogens is 434 g/mol. The van der Waals surface area contributed by atoms with Gasteiger partial charge in [-0.25, -0.2) is 4.79 Å². The van der Waals surface area contributed by atoms with Crippen LogP contribution in [0, 0.1) is 11.3 Å². The van der Waals surface area contributed by atoms with Gasteiger partial charge in [-0.05, 0) is 36.3 Å². The first-order chi connectivity index (χ1) is 16.2. The summed E-state index contributed by atoms with van der Waals surface area (Å²) in [7, 11) is 0. The highest BCUT2D eigenvalue weighted by molar-refractivity contribution is 5.73. The molecule has 3 rings (SSSR count). The predicted molar refractivity (Wildman–Crippen MR) is 130 cm³/mol. The lowest BCUT2D eigenvalue weighted by atomic mass is 9.77. The van der Waals surface area contributed by atoms with Gasteiger partial charge in [0, 0.05) is 6.20 Å². The van der Waals surface area contributed by atoms with Gasteiger partial charge in [0.25, 0.3) is 0 Å².